The Morgan fingerprint density at radius 3 is 2.58 bits per heavy atom. The Labute approximate surface area is 115 Å². The van der Waals surface area contributed by atoms with Crippen LogP contribution in [0.15, 0.2) is 0 Å². The number of carbonyl (C=O) groups is 2. The molecule has 5 nitrogen and oxygen atoms in total. The van der Waals surface area contributed by atoms with Gasteiger partial charge in [0.15, 0.2) is 0 Å². The van der Waals surface area contributed by atoms with Crippen LogP contribution >= 0.6 is 0 Å². The monoisotopic (exact) mass is 267 g/mol. The number of rotatable bonds is 4. The molecule has 0 aromatic heterocycles. The molecular formula is C14H25N3O2. The van der Waals surface area contributed by atoms with Gasteiger partial charge in [-0.15, -0.1) is 0 Å². The fourth-order valence-electron chi connectivity index (χ4n) is 3.18. The fourth-order valence-corrected chi connectivity index (χ4v) is 3.18. The first-order valence-corrected chi connectivity index (χ1v) is 7.44. The number of likely N-dealkylation sites (N-methyl/N-ethyl adjacent to an activating group) is 1. The summed E-state index contributed by atoms with van der Waals surface area (Å²) in [5.41, 5.74) is 5.91. The van der Waals surface area contributed by atoms with Crippen molar-refractivity contribution in [2.75, 3.05) is 19.6 Å². The quantitative estimate of drug-likeness (QED) is 0.816. The lowest BCUT2D eigenvalue weighted by molar-refractivity contribution is -0.140. The number of amides is 2. The van der Waals surface area contributed by atoms with Gasteiger partial charge in [0.1, 0.15) is 0 Å². The normalized spacial score (nSPS) is 27.7. The van der Waals surface area contributed by atoms with Crippen LogP contribution in [0.1, 0.15) is 45.4 Å². The minimum atomic E-state index is 0.0956. The third-order valence-electron chi connectivity index (χ3n) is 4.34. The van der Waals surface area contributed by atoms with E-state index in [4.69, 9.17) is 5.73 Å². The minimum absolute atomic E-state index is 0.0956. The van der Waals surface area contributed by atoms with E-state index in [2.05, 4.69) is 0 Å². The minimum Gasteiger partial charge on any atom is -0.338 e. The molecule has 2 amide bonds. The summed E-state index contributed by atoms with van der Waals surface area (Å²) in [6, 6.07) is 0.611. The number of nitrogens with two attached hydrogens (primary N) is 1. The molecule has 1 aliphatic heterocycles. The van der Waals surface area contributed by atoms with E-state index >= 15 is 0 Å². The standard InChI is InChI=1S/C14H25N3O2/c1-2-17(12-7-5-11(15)6-8-12)14(19)10-16-9-3-4-13(16)18/h11-12H,2-10,15H2,1H3. The molecule has 0 bridgehead atoms. The van der Waals surface area contributed by atoms with Crippen LogP contribution in [-0.4, -0.2) is 53.3 Å². The molecule has 0 aromatic carbocycles. The van der Waals surface area contributed by atoms with Crippen molar-refractivity contribution in [1.29, 1.82) is 0 Å². The van der Waals surface area contributed by atoms with E-state index < -0.39 is 0 Å². The van der Waals surface area contributed by atoms with Crippen molar-refractivity contribution >= 4 is 11.8 Å². The summed E-state index contributed by atoms with van der Waals surface area (Å²) in [5.74, 6) is 0.216. The Morgan fingerprint density at radius 2 is 2.05 bits per heavy atom. The molecule has 0 aromatic rings. The first-order valence-electron chi connectivity index (χ1n) is 7.44. The Hall–Kier alpha value is -1.10. The average molecular weight is 267 g/mol. The highest BCUT2D eigenvalue weighted by atomic mass is 16.2. The lowest BCUT2D eigenvalue weighted by Gasteiger charge is -2.36. The van der Waals surface area contributed by atoms with E-state index in [9.17, 15) is 9.59 Å². The number of hydrogen-bond donors (Lipinski definition) is 1. The Kier molecular flexibility index (Phi) is 4.80. The van der Waals surface area contributed by atoms with Gasteiger partial charge in [-0.3, -0.25) is 9.59 Å². The van der Waals surface area contributed by atoms with E-state index in [1.165, 1.54) is 0 Å². The molecule has 2 aliphatic rings. The zero-order valence-electron chi connectivity index (χ0n) is 11.8. The molecule has 1 saturated heterocycles. The number of likely N-dealkylation sites (tertiary alicyclic amines) is 1. The van der Waals surface area contributed by atoms with Gasteiger partial charge in [-0.2, -0.15) is 0 Å². The summed E-state index contributed by atoms with van der Waals surface area (Å²) < 4.78 is 0. The molecule has 2 fully saturated rings. The van der Waals surface area contributed by atoms with Gasteiger partial charge in [0.05, 0.1) is 6.54 Å². The van der Waals surface area contributed by atoms with Crippen LogP contribution in [0.4, 0.5) is 0 Å². The number of carbonyl (C=O) groups excluding carboxylic acids is 2. The lowest BCUT2D eigenvalue weighted by atomic mass is 9.90. The van der Waals surface area contributed by atoms with Crippen molar-refractivity contribution in [3.63, 3.8) is 0 Å². The smallest absolute Gasteiger partial charge is 0.242 e. The molecule has 2 N–H and O–H groups in total. The van der Waals surface area contributed by atoms with Gasteiger partial charge < -0.3 is 15.5 Å². The summed E-state index contributed by atoms with van der Waals surface area (Å²) >= 11 is 0. The van der Waals surface area contributed by atoms with E-state index in [0.29, 0.717) is 18.5 Å². The summed E-state index contributed by atoms with van der Waals surface area (Å²) in [7, 11) is 0. The second-order valence-corrected chi connectivity index (χ2v) is 5.67. The van der Waals surface area contributed by atoms with E-state index in [1.807, 2.05) is 11.8 Å². The van der Waals surface area contributed by atoms with E-state index in [-0.39, 0.29) is 18.4 Å². The molecule has 5 heteroatoms. The summed E-state index contributed by atoms with van der Waals surface area (Å²) in [5, 5.41) is 0. The van der Waals surface area contributed by atoms with Gasteiger partial charge in [-0.05, 0) is 39.0 Å². The first kappa shape index (κ1) is 14.3. The molecule has 0 atom stereocenters. The van der Waals surface area contributed by atoms with Crippen LogP contribution in [0.3, 0.4) is 0 Å². The molecule has 19 heavy (non-hydrogen) atoms. The summed E-state index contributed by atoms with van der Waals surface area (Å²) in [6.45, 7) is 3.73. The molecule has 0 radical (unpaired) electrons. The maximum absolute atomic E-state index is 12.4. The van der Waals surface area contributed by atoms with Gasteiger partial charge >= 0.3 is 0 Å². The molecule has 2 rings (SSSR count). The van der Waals surface area contributed by atoms with Crippen LogP contribution < -0.4 is 5.73 Å². The number of hydrogen-bond acceptors (Lipinski definition) is 3. The first-order chi connectivity index (χ1) is 9.11. The number of nitrogens with zero attached hydrogens (tertiary/aromatic N) is 2. The topological polar surface area (TPSA) is 66.6 Å². The van der Waals surface area contributed by atoms with Crippen LogP contribution in [-0.2, 0) is 9.59 Å². The van der Waals surface area contributed by atoms with Crippen LogP contribution in [0.25, 0.3) is 0 Å². The van der Waals surface area contributed by atoms with Gasteiger partial charge in [0, 0.05) is 31.6 Å². The third-order valence-corrected chi connectivity index (χ3v) is 4.34. The third kappa shape index (κ3) is 3.47. The SMILES string of the molecule is CCN(C(=O)CN1CCCC1=O)C1CCC(N)CC1. The lowest BCUT2D eigenvalue weighted by Crippen LogP contribution is -2.48. The predicted octanol–water partition coefficient (Wildman–Crippen LogP) is 0.727. The molecule has 108 valence electrons. The Balaban J connectivity index is 1.89. The molecular weight excluding hydrogens is 242 g/mol. The van der Waals surface area contributed by atoms with Gasteiger partial charge in [-0.25, -0.2) is 0 Å². The zero-order chi connectivity index (χ0) is 13.8. The van der Waals surface area contributed by atoms with Gasteiger partial charge in [0.25, 0.3) is 0 Å². The highest BCUT2D eigenvalue weighted by molar-refractivity contribution is 5.86. The predicted molar refractivity (Wildman–Crippen MR) is 73.4 cm³/mol. The van der Waals surface area contributed by atoms with Crippen LogP contribution in [0, 0.1) is 0 Å². The van der Waals surface area contributed by atoms with E-state index in [0.717, 1.165) is 45.2 Å². The van der Waals surface area contributed by atoms with Crippen molar-refractivity contribution in [1.82, 2.24) is 9.80 Å². The maximum atomic E-state index is 12.4. The van der Waals surface area contributed by atoms with Crippen molar-refractivity contribution in [3.05, 3.63) is 0 Å². The summed E-state index contributed by atoms with van der Waals surface area (Å²) in [4.78, 5) is 27.6. The molecule has 1 heterocycles. The molecule has 0 unspecified atom stereocenters. The Morgan fingerprint density at radius 1 is 1.37 bits per heavy atom. The molecule has 1 aliphatic carbocycles. The largest absolute Gasteiger partial charge is 0.338 e. The highest BCUT2D eigenvalue weighted by Gasteiger charge is 2.29. The molecule has 0 spiro atoms. The highest BCUT2D eigenvalue weighted by Crippen LogP contribution is 2.22. The second-order valence-electron chi connectivity index (χ2n) is 5.67. The van der Waals surface area contributed by atoms with Crippen LogP contribution in [0.2, 0.25) is 0 Å². The van der Waals surface area contributed by atoms with E-state index in [1.54, 1.807) is 4.90 Å². The van der Waals surface area contributed by atoms with Crippen molar-refractivity contribution in [3.8, 4) is 0 Å². The molecule has 1 saturated carbocycles. The average Bonchev–Trinajstić information content (AvgIpc) is 2.78. The zero-order valence-corrected chi connectivity index (χ0v) is 11.8. The fraction of sp³-hybridized carbons (Fsp3) is 0.857. The maximum Gasteiger partial charge on any atom is 0.242 e. The van der Waals surface area contributed by atoms with Gasteiger partial charge in [-0.1, -0.05) is 0 Å². The van der Waals surface area contributed by atoms with Gasteiger partial charge in [0.2, 0.25) is 11.8 Å². The van der Waals surface area contributed by atoms with Crippen molar-refractivity contribution < 1.29 is 9.59 Å². The Bertz CT molecular complexity index is 338. The van der Waals surface area contributed by atoms with Crippen molar-refractivity contribution in [2.45, 2.75) is 57.5 Å². The summed E-state index contributed by atoms with van der Waals surface area (Å²) in [6.07, 6.45) is 5.46. The second kappa shape index (κ2) is 6.37. The van der Waals surface area contributed by atoms with Crippen LogP contribution in [0.5, 0.6) is 0 Å². The van der Waals surface area contributed by atoms with Crippen molar-refractivity contribution in [2.24, 2.45) is 5.73 Å².